The number of nitrogens with zero attached hydrogens (tertiary/aromatic N) is 5. The van der Waals surface area contributed by atoms with E-state index in [4.69, 9.17) is 22.1 Å². The summed E-state index contributed by atoms with van der Waals surface area (Å²) < 4.78 is 24.9. The van der Waals surface area contributed by atoms with Crippen LogP contribution in [0, 0.1) is 12.7 Å². The highest BCUT2D eigenvalue weighted by Gasteiger charge is 2.22. The summed E-state index contributed by atoms with van der Waals surface area (Å²) in [6, 6.07) is 8.08. The third-order valence-electron chi connectivity index (χ3n) is 5.93. The van der Waals surface area contributed by atoms with Gasteiger partial charge in [0.25, 0.3) is 0 Å². The van der Waals surface area contributed by atoms with Crippen LogP contribution in [0.2, 0.25) is 5.15 Å². The van der Waals surface area contributed by atoms with E-state index in [2.05, 4.69) is 34.6 Å². The molecule has 0 aliphatic carbocycles. The molecule has 4 N–H and O–H groups in total. The lowest BCUT2D eigenvalue weighted by molar-refractivity contribution is -0.137. The Morgan fingerprint density at radius 2 is 1.95 bits per heavy atom. The molecule has 0 saturated heterocycles. The molecule has 4 aromatic heterocycles. The van der Waals surface area contributed by atoms with Crippen molar-refractivity contribution in [3.05, 3.63) is 71.3 Å². The Morgan fingerprint density at radius 3 is 2.63 bits per heavy atom. The first-order valence-corrected chi connectivity index (χ1v) is 12.8. The van der Waals surface area contributed by atoms with Crippen molar-refractivity contribution in [1.29, 1.82) is 0 Å². The zero-order valence-corrected chi connectivity index (χ0v) is 23.2. The Balaban J connectivity index is 0.000000714. The van der Waals surface area contributed by atoms with Crippen LogP contribution in [0.4, 0.5) is 10.2 Å². The second kappa shape index (κ2) is 13.1. The third kappa shape index (κ3) is 6.91. The number of methoxy groups -OCH3 is 1. The number of ether oxygens (including phenoxy) is 2. The number of aromatic amines is 1. The molecule has 13 heteroatoms. The van der Waals surface area contributed by atoms with Gasteiger partial charge in [0.2, 0.25) is 0 Å². The molecule has 5 aromatic rings. The van der Waals surface area contributed by atoms with Gasteiger partial charge in [-0.2, -0.15) is 0 Å². The van der Waals surface area contributed by atoms with Gasteiger partial charge < -0.3 is 25.3 Å². The summed E-state index contributed by atoms with van der Waals surface area (Å²) in [5.41, 5.74) is 10.8. The van der Waals surface area contributed by atoms with E-state index in [0.717, 1.165) is 11.1 Å². The van der Waals surface area contributed by atoms with E-state index in [1.54, 1.807) is 37.5 Å². The fourth-order valence-corrected chi connectivity index (χ4v) is 4.20. The Hall–Kier alpha value is -4.68. The molecular formula is C28H27ClFN7O4. The summed E-state index contributed by atoms with van der Waals surface area (Å²) in [5, 5.41) is 10.2. The number of aromatic nitrogens is 6. The number of aryl methyl sites for hydroxylation is 2. The number of H-pyrrole nitrogens is 1. The predicted molar refractivity (Wildman–Crippen MR) is 152 cm³/mol. The van der Waals surface area contributed by atoms with Crippen LogP contribution in [-0.4, -0.2) is 54.7 Å². The standard InChI is InChI=1S/C25H21ClFN7O2.C3H6O2/c1-13-6-7-29-25(33-13)36-18-5-4-15(9-17(18)27)20-21-23(28)31-12-32-24(21)34-22(20)16-11-30-19(26)10-14(16)3-2-8-35;1-3(4)5-2/h4-7,9-12,35H,2-3,8H2,1H3,(H3,28,31,32,34);1-2H3. The molecule has 0 amide bonds. The Bertz CT molecular complexity index is 1700. The number of nitrogens with two attached hydrogens (primary N) is 1. The Morgan fingerprint density at radius 1 is 1.17 bits per heavy atom. The molecule has 4 heterocycles. The molecule has 0 atom stereocenters. The van der Waals surface area contributed by atoms with Crippen molar-refractivity contribution in [3.8, 4) is 34.1 Å². The Labute approximate surface area is 239 Å². The quantitative estimate of drug-likeness (QED) is 0.175. The number of hydrogen-bond donors (Lipinski definition) is 3. The van der Waals surface area contributed by atoms with Gasteiger partial charge in [0.1, 0.15) is 22.9 Å². The fourth-order valence-electron chi connectivity index (χ4n) is 4.02. The van der Waals surface area contributed by atoms with Crippen LogP contribution in [0.1, 0.15) is 24.6 Å². The van der Waals surface area contributed by atoms with Crippen LogP contribution < -0.4 is 10.5 Å². The fraction of sp³-hybridized carbons (Fsp3) is 0.214. The molecule has 0 unspecified atom stereocenters. The van der Waals surface area contributed by atoms with Gasteiger partial charge in [-0.1, -0.05) is 17.7 Å². The second-order valence-corrected chi connectivity index (χ2v) is 9.16. The van der Waals surface area contributed by atoms with Crippen LogP contribution in [0.5, 0.6) is 11.8 Å². The molecule has 0 aliphatic rings. The van der Waals surface area contributed by atoms with Gasteiger partial charge in [-0.15, -0.1) is 0 Å². The summed E-state index contributed by atoms with van der Waals surface area (Å²) in [7, 11) is 1.35. The number of esters is 1. The first-order chi connectivity index (χ1) is 19.7. The van der Waals surface area contributed by atoms with E-state index < -0.39 is 5.82 Å². The summed E-state index contributed by atoms with van der Waals surface area (Å²) in [5.74, 6) is -0.634. The van der Waals surface area contributed by atoms with E-state index in [1.165, 1.54) is 32.5 Å². The number of nitrogens with one attached hydrogen (secondary N) is 1. The number of hydrogen-bond acceptors (Lipinski definition) is 10. The summed E-state index contributed by atoms with van der Waals surface area (Å²) in [4.78, 5) is 33.8. The van der Waals surface area contributed by atoms with Crippen molar-refractivity contribution >= 4 is 34.4 Å². The number of carbonyl (C=O) groups is 1. The first kappa shape index (κ1) is 29.3. The average Bonchev–Trinajstić information content (AvgIpc) is 3.34. The van der Waals surface area contributed by atoms with E-state index in [-0.39, 0.29) is 30.2 Å². The molecule has 1 aromatic carbocycles. The van der Waals surface area contributed by atoms with Crippen molar-refractivity contribution < 1.29 is 23.8 Å². The smallest absolute Gasteiger partial charge is 0.322 e. The lowest BCUT2D eigenvalue weighted by Crippen LogP contribution is -1.97. The normalized spacial score (nSPS) is 10.7. The molecule has 5 rings (SSSR count). The summed E-state index contributed by atoms with van der Waals surface area (Å²) in [6.45, 7) is 3.17. The minimum absolute atomic E-state index is 0.0215. The summed E-state index contributed by atoms with van der Waals surface area (Å²) >= 11 is 6.16. The largest absolute Gasteiger partial charge is 0.469 e. The SMILES string of the molecule is COC(C)=O.Cc1ccnc(Oc2ccc(-c3c(-c4cnc(Cl)cc4CCCO)[nH]c4ncnc(N)c34)cc2F)n1. The van der Waals surface area contributed by atoms with Crippen LogP contribution in [-0.2, 0) is 16.0 Å². The monoisotopic (exact) mass is 579 g/mol. The van der Waals surface area contributed by atoms with E-state index in [1.807, 2.05) is 0 Å². The number of benzene rings is 1. The van der Waals surface area contributed by atoms with Gasteiger partial charge in [-0.3, -0.25) is 4.79 Å². The maximum Gasteiger partial charge on any atom is 0.322 e. The van der Waals surface area contributed by atoms with E-state index >= 15 is 4.39 Å². The number of pyridine rings is 1. The first-order valence-electron chi connectivity index (χ1n) is 12.4. The molecule has 0 fully saturated rings. The molecule has 0 radical (unpaired) electrons. The van der Waals surface area contributed by atoms with Gasteiger partial charge in [0.15, 0.2) is 11.6 Å². The molecule has 0 saturated carbocycles. The van der Waals surface area contributed by atoms with Crippen molar-refractivity contribution in [1.82, 2.24) is 29.9 Å². The predicted octanol–water partition coefficient (Wildman–Crippen LogP) is 5.06. The molecule has 41 heavy (non-hydrogen) atoms. The molecule has 212 valence electrons. The number of anilines is 1. The highest BCUT2D eigenvalue weighted by atomic mass is 35.5. The lowest BCUT2D eigenvalue weighted by atomic mass is 9.95. The minimum Gasteiger partial charge on any atom is -0.469 e. The van der Waals surface area contributed by atoms with E-state index in [9.17, 15) is 9.90 Å². The topological polar surface area (TPSA) is 162 Å². The molecule has 0 spiro atoms. The number of carbonyl (C=O) groups excluding carboxylic acids is 1. The van der Waals surface area contributed by atoms with Crippen molar-refractivity contribution in [2.45, 2.75) is 26.7 Å². The molecule has 11 nitrogen and oxygen atoms in total. The van der Waals surface area contributed by atoms with Crippen molar-refractivity contribution in [2.75, 3.05) is 19.5 Å². The maximum atomic E-state index is 15.3. The van der Waals surface area contributed by atoms with Crippen LogP contribution >= 0.6 is 11.6 Å². The molecule has 0 bridgehead atoms. The number of rotatable bonds is 7. The highest BCUT2D eigenvalue weighted by molar-refractivity contribution is 6.29. The number of fused-ring (bicyclic) bond motifs is 1. The van der Waals surface area contributed by atoms with Gasteiger partial charge in [-0.05, 0) is 55.2 Å². The zero-order chi connectivity index (χ0) is 29.5. The minimum atomic E-state index is -0.608. The van der Waals surface area contributed by atoms with Gasteiger partial charge in [-0.25, -0.2) is 29.3 Å². The highest BCUT2D eigenvalue weighted by Crippen LogP contribution is 2.42. The molecule has 0 aliphatic heterocycles. The maximum absolute atomic E-state index is 15.3. The van der Waals surface area contributed by atoms with Crippen LogP contribution in [0.25, 0.3) is 33.4 Å². The van der Waals surface area contributed by atoms with Gasteiger partial charge in [0, 0.05) is 42.7 Å². The number of aliphatic hydroxyl groups is 1. The van der Waals surface area contributed by atoms with Crippen LogP contribution in [0.15, 0.2) is 49.1 Å². The zero-order valence-electron chi connectivity index (χ0n) is 22.5. The number of aliphatic hydroxyl groups excluding tert-OH is 1. The molecular weight excluding hydrogens is 553 g/mol. The number of halogens is 2. The van der Waals surface area contributed by atoms with Gasteiger partial charge in [0.05, 0.1) is 18.2 Å². The lowest BCUT2D eigenvalue weighted by Gasteiger charge is -2.12. The third-order valence-corrected chi connectivity index (χ3v) is 6.14. The van der Waals surface area contributed by atoms with Crippen LogP contribution in [0.3, 0.4) is 0 Å². The van der Waals surface area contributed by atoms with E-state index in [0.29, 0.717) is 51.5 Å². The average molecular weight is 580 g/mol. The second-order valence-electron chi connectivity index (χ2n) is 8.77. The van der Waals surface area contributed by atoms with Crippen molar-refractivity contribution in [3.63, 3.8) is 0 Å². The Kier molecular flexibility index (Phi) is 9.37. The number of nitrogen functional groups attached to an aromatic ring is 1. The van der Waals surface area contributed by atoms with Crippen molar-refractivity contribution in [2.24, 2.45) is 0 Å². The van der Waals surface area contributed by atoms with Gasteiger partial charge >= 0.3 is 12.0 Å². The summed E-state index contributed by atoms with van der Waals surface area (Å²) in [6.07, 6.45) is 5.62.